The third kappa shape index (κ3) is 2.58. The lowest BCUT2D eigenvalue weighted by Crippen LogP contribution is -2.17. The van der Waals surface area contributed by atoms with Crippen molar-refractivity contribution < 1.29 is 13.6 Å². The first-order valence-corrected chi connectivity index (χ1v) is 6.98. The second kappa shape index (κ2) is 5.31. The largest absolute Gasteiger partial charge is 0.466 e. The molecule has 108 valence electrons. The topological polar surface area (TPSA) is 43.4 Å². The van der Waals surface area contributed by atoms with Crippen molar-refractivity contribution >= 4 is 5.78 Å². The predicted octanol–water partition coefficient (Wildman–Crippen LogP) is 4.58. The van der Waals surface area contributed by atoms with Gasteiger partial charge in [0.05, 0.1) is 0 Å². The second-order valence-corrected chi connectivity index (χ2v) is 5.58. The standard InChI is InChI=1S/C17H22O3/c1-9-7-15(13(5)19-9)11(3)17(18)12(4)16-8-10(2)20-14(16)6/h7-8,11-12H,1-6H3. The van der Waals surface area contributed by atoms with Crippen LogP contribution in [-0.4, -0.2) is 5.78 Å². The van der Waals surface area contributed by atoms with E-state index in [1.807, 2.05) is 53.7 Å². The Morgan fingerprint density at radius 2 is 1.20 bits per heavy atom. The van der Waals surface area contributed by atoms with Crippen LogP contribution in [0.1, 0.15) is 59.9 Å². The van der Waals surface area contributed by atoms with Gasteiger partial charge in [-0.25, -0.2) is 0 Å². The van der Waals surface area contributed by atoms with Gasteiger partial charge >= 0.3 is 0 Å². The fraction of sp³-hybridized carbons (Fsp3) is 0.471. The van der Waals surface area contributed by atoms with Gasteiger partial charge in [0.25, 0.3) is 0 Å². The van der Waals surface area contributed by atoms with Gasteiger partial charge in [-0.1, -0.05) is 13.8 Å². The number of aryl methyl sites for hydroxylation is 4. The van der Waals surface area contributed by atoms with Gasteiger partial charge in [0.2, 0.25) is 0 Å². The highest BCUT2D eigenvalue weighted by Crippen LogP contribution is 2.31. The Kier molecular flexibility index (Phi) is 3.89. The molecule has 0 aliphatic carbocycles. The molecule has 0 fully saturated rings. The second-order valence-electron chi connectivity index (χ2n) is 5.58. The Labute approximate surface area is 120 Å². The first-order chi connectivity index (χ1) is 9.31. The van der Waals surface area contributed by atoms with Gasteiger partial charge in [-0.3, -0.25) is 4.79 Å². The van der Waals surface area contributed by atoms with Gasteiger partial charge in [-0.05, 0) is 39.8 Å². The van der Waals surface area contributed by atoms with Crippen LogP contribution in [0.4, 0.5) is 0 Å². The number of rotatable bonds is 4. The maximum Gasteiger partial charge on any atom is 0.147 e. The third-order valence-electron chi connectivity index (χ3n) is 3.95. The number of furan rings is 2. The first kappa shape index (κ1) is 14.6. The summed E-state index contributed by atoms with van der Waals surface area (Å²) >= 11 is 0. The van der Waals surface area contributed by atoms with Crippen LogP contribution in [0.25, 0.3) is 0 Å². The average molecular weight is 274 g/mol. The van der Waals surface area contributed by atoms with E-state index in [0.29, 0.717) is 0 Å². The van der Waals surface area contributed by atoms with Crippen molar-refractivity contribution in [1.82, 2.24) is 0 Å². The Morgan fingerprint density at radius 3 is 1.45 bits per heavy atom. The quantitative estimate of drug-likeness (QED) is 0.819. The maximum absolute atomic E-state index is 12.7. The Hall–Kier alpha value is -1.77. The summed E-state index contributed by atoms with van der Waals surface area (Å²) in [7, 11) is 0. The molecule has 0 saturated carbocycles. The summed E-state index contributed by atoms with van der Waals surface area (Å²) in [5.41, 5.74) is 1.97. The van der Waals surface area contributed by atoms with Crippen LogP contribution >= 0.6 is 0 Å². The molecular weight excluding hydrogens is 252 g/mol. The molecule has 2 heterocycles. The lowest BCUT2D eigenvalue weighted by Gasteiger charge is -2.15. The molecule has 0 saturated heterocycles. The van der Waals surface area contributed by atoms with Crippen molar-refractivity contribution in [2.45, 2.75) is 53.4 Å². The van der Waals surface area contributed by atoms with Crippen molar-refractivity contribution in [3.8, 4) is 0 Å². The van der Waals surface area contributed by atoms with Gasteiger partial charge in [-0.15, -0.1) is 0 Å². The molecule has 2 aromatic rings. The highest BCUT2D eigenvalue weighted by Gasteiger charge is 2.27. The van der Waals surface area contributed by atoms with Crippen LogP contribution in [0.3, 0.4) is 0 Å². The average Bonchev–Trinajstić information content (AvgIpc) is 2.88. The Morgan fingerprint density at radius 1 is 0.850 bits per heavy atom. The zero-order valence-corrected chi connectivity index (χ0v) is 13.0. The molecule has 0 aliphatic rings. The number of carbonyl (C=O) groups excluding carboxylic acids is 1. The van der Waals surface area contributed by atoms with Crippen LogP contribution in [0.5, 0.6) is 0 Å². The molecule has 3 heteroatoms. The summed E-state index contributed by atoms with van der Waals surface area (Å²) in [4.78, 5) is 12.7. The van der Waals surface area contributed by atoms with E-state index in [-0.39, 0.29) is 17.6 Å². The van der Waals surface area contributed by atoms with Gasteiger partial charge in [0.1, 0.15) is 28.8 Å². The zero-order chi connectivity index (χ0) is 15.0. The number of hydrogen-bond acceptors (Lipinski definition) is 3. The van der Waals surface area contributed by atoms with E-state index in [0.717, 1.165) is 34.2 Å². The summed E-state index contributed by atoms with van der Waals surface area (Å²) in [6.45, 7) is 11.5. The predicted molar refractivity (Wildman–Crippen MR) is 78.2 cm³/mol. The Balaban J connectivity index is 2.27. The summed E-state index contributed by atoms with van der Waals surface area (Å²) < 4.78 is 11.1. The van der Waals surface area contributed by atoms with Crippen LogP contribution in [-0.2, 0) is 4.79 Å². The van der Waals surface area contributed by atoms with E-state index in [1.54, 1.807) is 0 Å². The van der Waals surface area contributed by atoms with Crippen molar-refractivity contribution in [3.63, 3.8) is 0 Å². The number of Topliss-reactive ketones (excluding diaryl/α,β-unsaturated/α-hetero) is 1. The molecule has 0 radical (unpaired) electrons. The van der Waals surface area contributed by atoms with Crippen LogP contribution in [0, 0.1) is 27.7 Å². The first-order valence-electron chi connectivity index (χ1n) is 6.98. The summed E-state index contributed by atoms with van der Waals surface area (Å²) in [6, 6.07) is 3.91. The van der Waals surface area contributed by atoms with E-state index in [9.17, 15) is 4.79 Å². The highest BCUT2D eigenvalue weighted by atomic mass is 16.3. The minimum atomic E-state index is -0.169. The van der Waals surface area contributed by atoms with E-state index >= 15 is 0 Å². The summed E-state index contributed by atoms with van der Waals surface area (Å²) in [5.74, 6) is 3.21. The number of carbonyl (C=O) groups is 1. The lowest BCUT2D eigenvalue weighted by molar-refractivity contribution is -0.121. The smallest absolute Gasteiger partial charge is 0.147 e. The number of hydrogen-bond donors (Lipinski definition) is 0. The van der Waals surface area contributed by atoms with E-state index in [2.05, 4.69) is 0 Å². The minimum Gasteiger partial charge on any atom is -0.466 e. The molecule has 2 unspecified atom stereocenters. The molecular formula is C17H22O3. The Bertz CT molecular complexity index is 576. The van der Waals surface area contributed by atoms with Gasteiger partial charge in [-0.2, -0.15) is 0 Å². The van der Waals surface area contributed by atoms with Gasteiger partial charge in [0, 0.05) is 23.0 Å². The van der Waals surface area contributed by atoms with Gasteiger partial charge in [0.15, 0.2) is 0 Å². The molecule has 0 spiro atoms. The molecule has 3 nitrogen and oxygen atoms in total. The van der Waals surface area contributed by atoms with Crippen LogP contribution in [0.15, 0.2) is 21.0 Å². The van der Waals surface area contributed by atoms with E-state index < -0.39 is 0 Å². The zero-order valence-electron chi connectivity index (χ0n) is 13.0. The molecule has 0 aromatic carbocycles. The molecule has 0 bridgehead atoms. The van der Waals surface area contributed by atoms with Crippen molar-refractivity contribution in [3.05, 3.63) is 46.3 Å². The maximum atomic E-state index is 12.7. The van der Waals surface area contributed by atoms with Crippen molar-refractivity contribution in [2.75, 3.05) is 0 Å². The fourth-order valence-corrected chi connectivity index (χ4v) is 2.84. The van der Waals surface area contributed by atoms with Crippen LogP contribution < -0.4 is 0 Å². The molecule has 2 atom stereocenters. The van der Waals surface area contributed by atoms with Crippen LogP contribution in [0.2, 0.25) is 0 Å². The molecule has 2 rings (SSSR count). The highest BCUT2D eigenvalue weighted by molar-refractivity contribution is 5.91. The van der Waals surface area contributed by atoms with Gasteiger partial charge < -0.3 is 8.83 Å². The summed E-state index contributed by atoms with van der Waals surface area (Å²) in [5, 5.41) is 0. The summed E-state index contributed by atoms with van der Waals surface area (Å²) in [6.07, 6.45) is 0. The van der Waals surface area contributed by atoms with Crippen molar-refractivity contribution in [2.24, 2.45) is 0 Å². The molecule has 0 amide bonds. The third-order valence-corrected chi connectivity index (χ3v) is 3.95. The SMILES string of the molecule is Cc1cc(C(C)C(=O)C(C)c2cc(C)oc2C)c(C)o1. The number of ketones is 1. The molecule has 0 N–H and O–H groups in total. The molecule has 2 aromatic heterocycles. The normalized spacial score (nSPS) is 14.3. The fourth-order valence-electron chi connectivity index (χ4n) is 2.84. The van der Waals surface area contributed by atoms with Crippen molar-refractivity contribution in [1.29, 1.82) is 0 Å². The molecule has 0 aliphatic heterocycles. The molecule has 20 heavy (non-hydrogen) atoms. The minimum absolute atomic E-state index is 0.169. The van der Waals surface area contributed by atoms with E-state index in [1.165, 1.54) is 0 Å². The lowest BCUT2D eigenvalue weighted by atomic mass is 9.86. The van der Waals surface area contributed by atoms with E-state index in [4.69, 9.17) is 8.83 Å². The monoisotopic (exact) mass is 274 g/mol.